The molecule has 1 aromatic rings. The number of hydrogen-bond acceptors (Lipinski definition) is 5. The summed E-state index contributed by atoms with van der Waals surface area (Å²) in [6.45, 7) is 3.95. The summed E-state index contributed by atoms with van der Waals surface area (Å²) < 4.78 is 56.5. The molecule has 0 radical (unpaired) electrons. The van der Waals surface area contributed by atoms with Gasteiger partial charge < -0.3 is 14.2 Å². The number of methoxy groups -OCH3 is 2. The van der Waals surface area contributed by atoms with Gasteiger partial charge in [0.25, 0.3) is 0 Å². The minimum atomic E-state index is -3.99. The molecule has 6 nitrogen and oxygen atoms in total. The first kappa shape index (κ1) is 17.0. The van der Waals surface area contributed by atoms with Gasteiger partial charge in [-0.3, -0.25) is 0 Å². The summed E-state index contributed by atoms with van der Waals surface area (Å²) in [6, 6.07) is 1.80. The summed E-state index contributed by atoms with van der Waals surface area (Å²) in [5, 5.41) is 0. The maximum Gasteiger partial charge on any atom is 0.246 e. The number of hydrogen-bond donors (Lipinski definition) is 0. The predicted molar refractivity (Wildman–Crippen MR) is 78.3 cm³/mol. The molecular formula is C14H20FNO5S. The first-order valence-electron chi connectivity index (χ1n) is 6.86. The first-order valence-corrected chi connectivity index (χ1v) is 8.30. The van der Waals surface area contributed by atoms with Gasteiger partial charge in [0.1, 0.15) is 10.7 Å². The van der Waals surface area contributed by atoms with Gasteiger partial charge in [-0.1, -0.05) is 0 Å². The van der Waals surface area contributed by atoms with E-state index in [0.29, 0.717) is 0 Å². The fourth-order valence-corrected chi connectivity index (χ4v) is 4.12. The van der Waals surface area contributed by atoms with Gasteiger partial charge in [0.2, 0.25) is 10.0 Å². The summed E-state index contributed by atoms with van der Waals surface area (Å²) in [7, 11) is -1.26. The van der Waals surface area contributed by atoms with E-state index in [1.807, 2.05) is 0 Å². The molecule has 0 amide bonds. The van der Waals surface area contributed by atoms with Crippen molar-refractivity contribution in [1.29, 1.82) is 0 Å². The third-order valence-electron chi connectivity index (χ3n) is 3.58. The lowest BCUT2D eigenvalue weighted by Gasteiger charge is -2.35. The summed E-state index contributed by atoms with van der Waals surface area (Å²) in [4.78, 5) is -0.425. The highest BCUT2D eigenvalue weighted by Crippen LogP contribution is 2.34. The van der Waals surface area contributed by atoms with Crippen LogP contribution in [0.2, 0.25) is 0 Å². The Bertz CT molecular complexity index is 649. The Kier molecular flexibility index (Phi) is 4.93. The summed E-state index contributed by atoms with van der Waals surface area (Å²) >= 11 is 0. The molecule has 0 spiro atoms. The Morgan fingerprint density at radius 3 is 2.41 bits per heavy atom. The van der Waals surface area contributed by atoms with Crippen molar-refractivity contribution in [3.05, 3.63) is 17.9 Å². The molecule has 2 unspecified atom stereocenters. The topological polar surface area (TPSA) is 65.1 Å². The molecule has 1 saturated heterocycles. The Morgan fingerprint density at radius 2 is 1.82 bits per heavy atom. The Morgan fingerprint density at radius 1 is 1.23 bits per heavy atom. The van der Waals surface area contributed by atoms with Crippen molar-refractivity contribution >= 4 is 10.0 Å². The summed E-state index contributed by atoms with van der Waals surface area (Å²) in [6.07, 6.45) is -0.241. The Labute approximate surface area is 129 Å². The van der Waals surface area contributed by atoms with E-state index in [1.165, 1.54) is 18.5 Å². The van der Waals surface area contributed by atoms with Crippen molar-refractivity contribution in [2.24, 2.45) is 0 Å². The van der Waals surface area contributed by atoms with Gasteiger partial charge in [0.05, 0.1) is 26.9 Å². The van der Waals surface area contributed by atoms with Crippen molar-refractivity contribution in [3.8, 4) is 11.5 Å². The van der Waals surface area contributed by atoms with E-state index in [9.17, 15) is 12.8 Å². The minimum absolute atomic E-state index is 0.141. The molecule has 1 aromatic carbocycles. The molecule has 1 heterocycles. The predicted octanol–water partition coefficient (Wildman–Crippen LogP) is 1.64. The molecule has 8 heteroatoms. The fraction of sp³-hybridized carbons (Fsp3) is 0.571. The Hall–Kier alpha value is -1.38. The summed E-state index contributed by atoms with van der Waals surface area (Å²) in [5.74, 6) is -0.567. The normalized spacial score (nSPS) is 23.3. The Balaban J connectivity index is 2.49. The zero-order chi connectivity index (χ0) is 16.5. The smallest absolute Gasteiger partial charge is 0.246 e. The number of benzene rings is 1. The van der Waals surface area contributed by atoms with E-state index in [2.05, 4.69) is 0 Å². The third kappa shape index (κ3) is 3.04. The van der Waals surface area contributed by atoms with Gasteiger partial charge >= 0.3 is 0 Å². The standard InChI is InChI=1S/C14H20FNO5S/c1-9-8-21-10(2)7-16(9)22(17,18)14-6-13(20-4)12(19-3)5-11(14)15/h5-6,9-10H,7-8H2,1-4H3. The van der Waals surface area contributed by atoms with Crippen molar-refractivity contribution < 1.29 is 27.0 Å². The highest BCUT2D eigenvalue weighted by atomic mass is 32.2. The van der Waals surface area contributed by atoms with E-state index in [1.54, 1.807) is 13.8 Å². The third-order valence-corrected chi connectivity index (χ3v) is 5.57. The lowest BCUT2D eigenvalue weighted by molar-refractivity contribution is -0.0171. The monoisotopic (exact) mass is 333 g/mol. The zero-order valence-electron chi connectivity index (χ0n) is 13.0. The minimum Gasteiger partial charge on any atom is -0.493 e. The molecule has 124 valence electrons. The molecule has 1 aliphatic rings. The molecule has 2 rings (SSSR count). The maximum atomic E-state index is 14.3. The van der Waals surface area contributed by atoms with Gasteiger partial charge in [0.15, 0.2) is 11.5 Å². The molecule has 0 N–H and O–H groups in total. The van der Waals surface area contributed by atoms with E-state index in [4.69, 9.17) is 14.2 Å². The van der Waals surface area contributed by atoms with Crippen LogP contribution in [0.4, 0.5) is 4.39 Å². The van der Waals surface area contributed by atoms with Gasteiger partial charge in [-0.05, 0) is 13.8 Å². The van der Waals surface area contributed by atoms with Crippen molar-refractivity contribution in [1.82, 2.24) is 4.31 Å². The number of halogens is 1. The van der Waals surface area contributed by atoms with E-state index in [0.717, 1.165) is 12.1 Å². The average molecular weight is 333 g/mol. The van der Waals surface area contributed by atoms with E-state index >= 15 is 0 Å². The van der Waals surface area contributed by atoms with Crippen LogP contribution in [0.15, 0.2) is 17.0 Å². The van der Waals surface area contributed by atoms with Crippen LogP contribution in [0.1, 0.15) is 13.8 Å². The van der Waals surface area contributed by atoms with Crippen LogP contribution in [-0.2, 0) is 14.8 Å². The van der Waals surface area contributed by atoms with E-state index < -0.39 is 20.7 Å². The van der Waals surface area contributed by atoms with Crippen molar-refractivity contribution in [2.45, 2.75) is 30.9 Å². The van der Waals surface area contributed by atoms with Gasteiger partial charge in [-0.2, -0.15) is 4.31 Å². The second kappa shape index (κ2) is 6.39. The molecule has 0 aromatic heterocycles. The van der Waals surface area contributed by atoms with Crippen LogP contribution >= 0.6 is 0 Å². The van der Waals surface area contributed by atoms with Crippen molar-refractivity contribution in [2.75, 3.05) is 27.4 Å². The van der Waals surface area contributed by atoms with Crippen LogP contribution in [0.5, 0.6) is 11.5 Å². The van der Waals surface area contributed by atoms with Gasteiger partial charge in [0, 0.05) is 24.7 Å². The fourth-order valence-electron chi connectivity index (χ4n) is 2.37. The number of sulfonamides is 1. The van der Waals surface area contributed by atoms with Crippen LogP contribution < -0.4 is 9.47 Å². The van der Waals surface area contributed by atoms with Gasteiger partial charge in [-0.15, -0.1) is 0 Å². The van der Waals surface area contributed by atoms with Crippen LogP contribution in [-0.4, -0.2) is 52.2 Å². The van der Waals surface area contributed by atoms with Crippen LogP contribution in [0.25, 0.3) is 0 Å². The maximum absolute atomic E-state index is 14.3. The van der Waals surface area contributed by atoms with E-state index in [-0.39, 0.29) is 36.8 Å². The number of nitrogens with zero attached hydrogens (tertiary/aromatic N) is 1. The molecule has 0 saturated carbocycles. The molecule has 1 fully saturated rings. The first-order chi connectivity index (χ1) is 10.3. The molecular weight excluding hydrogens is 313 g/mol. The molecule has 2 atom stereocenters. The lowest BCUT2D eigenvalue weighted by Crippen LogP contribution is -2.50. The SMILES string of the molecule is COc1cc(F)c(S(=O)(=O)N2CC(C)OCC2C)cc1OC. The second-order valence-electron chi connectivity index (χ2n) is 5.21. The van der Waals surface area contributed by atoms with Gasteiger partial charge in [-0.25, -0.2) is 12.8 Å². The molecule has 0 aliphatic carbocycles. The zero-order valence-corrected chi connectivity index (χ0v) is 13.8. The van der Waals surface area contributed by atoms with Crippen molar-refractivity contribution in [3.63, 3.8) is 0 Å². The highest BCUT2D eigenvalue weighted by molar-refractivity contribution is 7.89. The quantitative estimate of drug-likeness (QED) is 0.838. The average Bonchev–Trinajstić information content (AvgIpc) is 2.48. The number of morpholine rings is 1. The van der Waals surface area contributed by atoms with Crippen LogP contribution in [0.3, 0.4) is 0 Å². The molecule has 0 bridgehead atoms. The molecule has 22 heavy (non-hydrogen) atoms. The molecule has 1 aliphatic heterocycles. The van der Waals surface area contributed by atoms with Crippen LogP contribution in [0, 0.1) is 5.82 Å². The largest absolute Gasteiger partial charge is 0.493 e. The highest BCUT2D eigenvalue weighted by Gasteiger charge is 2.36. The lowest BCUT2D eigenvalue weighted by atomic mass is 10.2. The number of rotatable bonds is 4. The summed E-state index contributed by atoms with van der Waals surface area (Å²) in [5.41, 5.74) is 0. The second-order valence-corrected chi connectivity index (χ2v) is 7.06. The number of ether oxygens (including phenoxy) is 3.